The Balaban J connectivity index is 2.10. The molecule has 0 saturated heterocycles. The highest BCUT2D eigenvalue weighted by Crippen LogP contribution is 2.44. The predicted molar refractivity (Wildman–Crippen MR) is 93.6 cm³/mol. The molecule has 1 aliphatic carbocycles. The standard InChI is InChI=1S/C17H28BrNS/c1-5-12-6-7-13(9-19-17(2,3)4)14(8-12)15-10-20-11-16(15)18/h10-14,19H,5-9H2,1-4H3. The van der Waals surface area contributed by atoms with Gasteiger partial charge in [-0.05, 0) is 84.8 Å². The summed E-state index contributed by atoms with van der Waals surface area (Å²) in [6.45, 7) is 10.3. The van der Waals surface area contributed by atoms with Crippen LogP contribution >= 0.6 is 27.3 Å². The summed E-state index contributed by atoms with van der Waals surface area (Å²) in [5, 5.41) is 8.32. The zero-order chi connectivity index (χ0) is 14.8. The van der Waals surface area contributed by atoms with Crippen molar-refractivity contribution in [1.29, 1.82) is 0 Å². The SMILES string of the molecule is CCC1CCC(CNC(C)(C)C)C(c2cscc2Br)C1. The third-order valence-electron chi connectivity index (χ3n) is 4.62. The number of nitrogens with one attached hydrogen (secondary N) is 1. The molecular formula is C17H28BrNS. The van der Waals surface area contributed by atoms with E-state index in [1.807, 2.05) is 11.3 Å². The summed E-state index contributed by atoms with van der Waals surface area (Å²) in [5.74, 6) is 2.42. The van der Waals surface area contributed by atoms with Crippen LogP contribution in [0.15, 0.2) is 15.2 Å². The molecule has 1 nitrogen and oxygen atoms in total. The molecule has 1 N–H and O–H groups in total. The van der Waals surface area contributed by atoms with Gasteiger partial charge in [0, 0.05) is 15.4 Å². The monoisotopic (exact) mass is 357 g/mol. The van der Waals surface area contributed by atoms with Crippen molar-refractivity contribution in [2.75, 3.05) is 6.54 Å². The maximum Gasteiger partial charge on any atom is 0.0317 e. The quantitative estimate of drug-likeness (QED) is 0.716. The van der Waals surface area contributed by atoms with E-state index in [4.69, 9.17) is 0 Å². The summed E-state index contributed by atoms with van der Waals surface area (Å²) in [7, 11) is 0. The lowest BCUT2D eigenvalue weighted by molar-refractivity contribution is 0.213. The molecule has 3 unspecified atom stereocenters. The van der Waals surface area contributed by atoms with Gasteiger partial charge in [-0.3, -0.25) is 0 Å². The Hall–Kier alpha value is 0.140. The van der Waals surface area contributed by atoms with Crippen molar-refractivity contribution in [3.05, 3.63) is 20.8 Å². The van der Waals surface area contributed by atoms with E-state index in [0.717, 1.165) is 24.3 Å². The van der Waals surface area contributed by atoms with Crippen LogP contribution in [0.4, 0.5) is 0 Å². The normalized spacial score (nSPS) is 27.8. The first-order valence-electron chi connectivity index (χ1n) is 7.87. The van der Waals surface area contributed by atoms with E-state index in [9.17, 15) is 0 Å². The fourth-order valence-corrected chi connectivity index (χ4v) is 4.97. The molecular weight excluding hydrogens is 330 g/mol. The Morgan fingerprint density at radius 3 is 2.60 bits per heavy atom. The van der Waals surface area contributed by atoms with E-state index < -0.39 is 0 Å². The summed E-state index contributed by atoms with van der Waals surface area (Å²) in [6.07, 6.45) is 5.47. The van der Waals surface area contributed by atoms with Gasteiger partial charge in [-0.25, -0.2) is 0 Å². The van der Waals surface area contributed by atoms with Gasteiger partial charge in [0.1, 0.15) is 0 Å². The number of thiophene rings is 1. The minimum atomic E-state index is 0.220. The topological polar surface area (TPSA) is 12.0 Å². The lowest BCUT2D eigenvalue weighted by Gasteiger charge is -2.38. The average molecular weight is 358 g/mol. The minimum Gasteiger partial charge on any atom is -0.312 e. The molecule has 0 spiro atoms. The van der Waals surface area contributed by atoms with Crippen LogP contribution in [0.25, 0.3) is 0 Å². The van der Waals surface area contributed by atoms with Crippen LogP contribution in [0, 0.1) is 11.8 Å². The Morgan fingerprint density at radius 1 is 1.30 bits per heavy atom. The van der Waals surface area contributed by atoms with E-state index in [-0.39, 0.29) is 5.54 Å². The smallest absolute Gasteiger partial charge is 0.0317 e. The fraction of sp³-hybridized carbons (Fsp3) is 0.765. The number of hydrogen-bond donors (Lipinski definition) is 1. The molecule has 114 valence electrons. The van der Waals surface area contributed by atoms with Gasteiger partial charge in [-0.15, -0.1) is 0 Å². The molecule has 2 rings (SSSR count). The van der Waals surface area contributed by atoms with Gasteiger partial charge < -0.3 is 5.32 Å². The van der Waals surface area contributed by atoms with Gasteiger partial charge in [0.15, 0.2) is 0 Å². The van der Waals surface area contributed by atoms with Crippen LogP contribution in [-0.4, -0.2) is 12.1 Å². The van der Waals surface area contributed by atoms with E-state index in [1.54, 1.807) is 5.56 Å². The van der Waals surface area contributed by atoms with Crippen LogP contribution < -0.4 is 5.32 Å². The molecule has 0 aliphatic heterocycles. The molecule has 1 heterocycles. The molecule has 1 aromatic rings. The summed E-state index contributed by atoms with van der Waals surface area (Å²) in [6, 6.07) is 0. The third-order valence-corrected chi connectivity index (χ3v) is 6.37. The van der Waals surface area contributed by atoms with Crippen molar-refractivity contribution >= 4 is 27.3 Å². The Bertz CT molecular complexity index is 421. The minimum absolute atomic E-state index is 0.220. The second-order valence-corrected chi connectivity index (χ2v) is 8.86. The first-order valence-corrected chi connectivity index (χ1v) is 9.61. The molecule has 1 fully saturated rings. The average Bonchev–Trinajstić information content (AvgIpc) is 2.81. The lowest BCUT2D eigenvalue weighted by atomic mass is 9.71. The zero-order valence-corrected chi connectivity index (χ0v) is 15.6. The van der Waals surface area contributed by atoms with Gasteiger partial charge >= 0.3 is 0 Å². The number of hydrogen-bond acceptors (Lipinski definition) is 2. The molecule has 3 heteroatoms. The zero-order valence-electron chi connectivity index (χ0n) is 13.2. The molecule has 0 aromatic carbocycles. The lowest BCUT2D eigenvalue weighted by Crippen LogP contribution is -2.41. The van der Waals surface area contributed by atoms with Gasteiger partial charge in [-0.2, -0.15) is 11.3 Å². The Kier molecular flexibility index (Phi) is 5.72. The van der Waals surface area contributed by atoms with Gasteiger partial charge in [-0.1, -0.05) is 19.8 Å². The molecule has 1 aliphatic rings. The van der Waals surface area contributed by atoms with Crippen molar-refractivity contribution in [2.45, 2.75) is 64.8 Å². The molecule has 1 saturated carbocycles. The second-order valence-electron chi connectivity index (χ2n) is 7.26. The van der Waals surface area contributed by atoms with Crippen LogP contribution in [0.2, 0.25) is 0 Å². The van der Waals surface area contributed by atoms with E-state index in [0.29, 0.717) is 0 Å². The van der Waals surface area contributed by atoms with Gasteiger partial charge in [0.2, 0.25) is 0 Å². The molecule has 20 heavy (non-hydrogen) atoms. The van der Waals surface area contributed by atoms with Crippen molar-refractivity contribution in [1.82, 2.24) is 5.32 Å². The van der Waals surface area contributed by atoms with Crippen molar-refractivity contribution in [3.8, 4) is 0 Å². The van der Waals surface area contributed by atoms with Crippen molar-refractivity contribution in [2.24, 2.45) is 11.8 Å². The first-order chi connectivity index (χ1) is 9.40. The van der Waals surface area contributed by atoms with Crippen LogP contribution in [-0.2, 0) is 0 Å². The van der Waals surface area contributed by atoms with E-state index >= 15 is 0 Å². The Labute approximate surface area is 136 Å². The maximum atomic E-state index is 3.75. The largest absolute Gasteiger partial charge is 0.312 e. The van der Waals surface area contributed by atoms with Crippen molar-refractivity contribution < 1.29 is 0 Å². The van der Waals surface area contributed by atoms with E-state index in [2.05, 4.69) is 59.7 Å². The maximum absolute atomic E-state index is 3.75. The molecule has 3 atom stereocenters. The van der Waals surface area contributed by atoms with Crippen LogP contribution in [0.5, 0.6) is 0 Å². The fourth-order valence-electron chi connectivity index (χ4n) is 3.31. The van der Waals surface area contributed by atoms with Crippen LogP contribution in [0.3, 0.4) is 0 Å². The molecule has 0 radical (unpaired) electrons. The second kappa shape index (κ2) is 6.93. The summed E-state index contributed by atoms with van der Waals surface area (Å²) in [5.41, 5.74) is 1.77. The molecule has 1 aromatic heterocycles. The van der Waals surface area contributed by atoms with Crippen LogP contribution in [0.1, 0.15) is 64.9 Å². The highest BCUT2D eigenvalue weighted by molar-refractivity contribution is 9.10. The molecule has 0 amide bonds. The highest BCUT2D eigenvalue weighted by atomic mass is 79.9. The van der Waals surface area contributed by atoms with Crippen molar-refractivity contribution in [3.63, 3.8) is 0 Å². The number of rotatable bonds is 4. The summed E-state index contributed by atoms with van der Waals surface area (Å²) < 4.78 is 1.32. The summed E-state index contributed by atoms with van der Waals surface area (Å²) >= 11 is 5.58. The first kappa shape index (κ1) is 16.5. The van der Waals surface area contributed by atoms with E-state index in [1.165, 1.54) is 30.2 Å². The summed E-state index contributed by atoms with van der Waals surface area (Å²) in [4.78, 5) is 0. The third kappa shape index (κ3) is 4.32. The Morgan fingerprint density at radius 2 is 2.05 bits per heavy atom. The predicted octanol–water partition coefficient (Wildman–Crippen LogP) is 5.81. The number of halogens is 1. The van der Waals surface area contributed by atoms with Gasteiger partial charge in [0.05, 0.1) is 0 Å². The van der Waals surface area contributed by atoms with Gasteiger partial charge in [0.25, 0.3) is 0 Å². The molecule has 0 bridgehead atoms. The highest BCUT2D eigenvalue weighted by Gasteiger charge is 2.32.